The van der Waals surface area contributed by atoms with Gasteiger partial charge in [0, 0.05) is 44.3 Å². The predicted molar refractivity (Wildman–Crippen MR) is 284 cm³/mol. The van der Waals surface area contributed by atoms with Gasteiger partial charge in [-0.25, -0.2) is 4.98 Å². The van der Waals surface area contributed by atoms with Crippen LogP contribution in [0.15, 0.2) is 212 Å². The Bertz CT molecular complexity index is 4170. The molecule has 2 aromatic heterocycles. The van der Waals surface area contributed by atoms with E-state index in [1.165, 1.54) is 5.56 Å². The number of benzene rings is 9. The van der Waals surface area contributed by atoms with Gasteiger partial charge >= 0.3 is 0 Å². The second-order valence-corrected chi connectivity index (χ2v) is 18.4. The smallest absolute Gasteiger partial charge is 0.268 e. The van der Waals surface area contributed by atoms with Gasteiger partial charge in [0.2, 0.25) is 0 Å². The van der Waals surface area contributed by atoms with Crippen LogP contribution in [0.4, 0.5) is 22.7 Å². The summed E-state index contributed by atoms with van der Waals surface area (Å²) in [5, 5.41) is 2.11. The summed E-state index contributed by atoms with van der Waals surface area (Å²) in [4.78, 5) is 6.84. The fraction of sp³-hybridized carbons (Fsp3) is 0.0625. The van der Waals surface area contributed by atoms with Gasteiger partial charge in [0.1, 0.15) is 5.82 Å². The first-order chi connectivity index (χ1) is 35.9. The fourth-order valence-corrected chi connectivity index (χ4v) is 10.1. The van der Waals surface area contributed by atoms with Crippen molar-refractivity contribution in [2.75, 3.05) is 4.90 Å². The standard InChI is InChI=1S/C64H44N4O.Pt/c1-64(2,3)43-36-37-65-61(38-43)68-59-33-14-12-26-52(59)54-35-34-46(40-60(54)68)69-45-21-15-20-44(39-45)66-41-67-62-47(42-18-5-4-6-19-42)28-16-29-55(62)50-24-9-7-22-48(50)49-23-8-10-25-51(49)56-30-17-31-57(63(56)67)53-27-11-13-32-58(53)66;/h4-38H,1-3H3;/q-2;/i4D,5D,6D,18D,19D;. The molecule has 0 atom stereocenters. The average molecular weight is 1090 g/mol. The summed E-state index contributed by atoms with van der Waals surface area (Å²) in [6.07, 6.45) is 5.74. The van der Waals surface area contributed by atoms with Gasteiger partial charge in [-0.05, 0) is 102 Å². The molecule has 5 nitrogen and oxygen atoms in total. The molecule has 13 rings (SSSR count). The molecule has 0 saturated carbocycles. The molecule has 0 aliphatic carbocycles. The molecule has 70 heavy (non-hydrogen) atoms. The minimum Gasteiger partial charge on any atom is -0.510 e. The maximum Gasteiger partial charge on any atom is 0.268 e. The van der Waals surface area contributed by atoms with E-state index >= 15 is 0 Å². The van der Waals surface area contributed by atoms with Crippen LogP contribution in [-0.2, 0) is 26.5 Å². The van der Waals surface area contributed by atoms with Crippen LogP contribution in [-0.4, -0.2) is 15.9 Å². The predicted octanol–water partition coefficient (Wildman–Crippen LogP) is 16.4. The largest absolute Gasteiger partial charge is 0.510 e. The SMILES string of the molecule is [2H]c1c([2H])c([2H])c(-c2cccc3c2[N+]2=[C-]N(c4[c-]c(Oc5[c-]c6c(cc5)c5ccccc5n6-c5cc(C(C)(C)C)ccn5)ccc4)c4ccccc4-c4cccc(c42)-c2ccccc2-c2ccccc2-3)c([2H])c1[2H].[Pt]. The zero-order chi connectivity index (χ0) is 50.6. The van der Waals surface area contributed by atoms with Gasteiger partial charge in [-0.15, -0.1) is 29.7 Å². The molecule has 2 aliphatic rings. The third-order valence-corrected chi connectivity index (χ3v) is 13.3. The number of rotatable bonds is 5. The molecule has 9 aromatic carbocycles. The number of fused-ring (bicyclic) bond motifs is 12. The minimum absolute atomic E-state index is 0. The van der Waals surface area contributed by atoms with E-state index in [1.54, 1.807) is 0 Å². The molecule has 0 unspecified atom stereocenters. The van der Waals surface area contributed by atoms with Crippen LogP contribution in [0.2, 0.25) is 0 Å². The molecular formula is C64H44N4OPt-2. The van der Waals surface area contributed by atoms with Crippen LogP contribution in [0, 0.1) is 12.1 Å². The topological polar surface area (TPSA) is 33.3 Å². The molecule has 338 valence electrons. The molecule has 0 saturated heterocycles. The monoisotopic (exact) mass is 1080 g/mol. The van der Waals surface area contributed by atoms with Gasteiger partial charge in [-0.3, -0.25) is 4.58 Å². The van der Waals surface area contributed by atoms with Gasteiger partial charge in [-0.2, -0.15) is 18.2 Å². The van der Waals surface area contributed by atoms with E-state index in [0.29, 0.717) is 28.4 Å². The van der Waals surface area contributed by atoms with Gasteiger partial charge in [0.15, 0.2) is 0 Å². The maximum absolute atomic E-state index is 9.36. The number of ether oxygens (including phenoxy) is 1. The molecule has 0 spiro atoms. The second kappa shape index (κ2) is 17.1. The van der Waals surface area contributed by atoms with Crippen molar-refractivity contribution < 1.29 is 32.7 Å². The molecule has 2 aliphatic heterocycles. The van der Waals surface area contributed by atoms with Crippen molar-refractivity contribution in [2.45, 2.75) is 26.2 Å². The van der Waals surface area contributed by atoms with Gasteiger partial charge in [-0.1, -0.05) is 178 Å². The van der Waals surface area contributed by atoms with Crippen molar-refractivity contribution in [3.8, 4) is 73.0 Å². The number of nitrogens with zero attached hydrogens (tertiary/aromatic N) is 4. The van der Waals surface area contributed by atoms with Crippen molar-refractivity contribution in [3.63, 3.8) is 0 Å². The Kier molecular flexibility index (Phi) is 9.26. The van der Waals surface area contributed by atoms with Crippen molar-refractivity contribution in [3.05, 3.63) is 230 Å². The first kappa shape index (κ1) is 37.8. The van der Waals surface area contributed by atoms with E-state index in [2.05, 4.69) is 141 Å². The van der Waals surface area contributed by atoms with E-state index in [4.69, 9.17) is 13.8 Å². The minimum atomic E-state index is -0.456. The number of hydrogen-bond acceptors (Lipinski definition) is 3. The van der Waals surface area contributed by atoms with Crippen molar-refractivity contribution in [1.82, 2.24) is 14.1 Å². The van der Waals surface area contributed by atoms with E-state index in [0.717, 1.165) is 83.5 Å². The Morgan fingerprint density at radius 3 is 1.83 bits per heavy atom. The molecule has 4 heterocycles. The van der Waals surface area contributed by atoms with E-state index in [-0.39, 0.29) is 44.1 Å². The number of anilines is 2. The Balaban J connectivity index is 0.00000569. The third-order valence-electron chi connectivity index (χ3n) is 13.3. The number of pyridine rings is 1. The van der Waals surface area contributed by atoms with Crippen molar-refractivity contribution in [2.24, 2.45) is 0 Å². The summed E-state index contributed by atoms with van der Waals surface area (Å²) in [5.41, 5.74) is 13.7. The molecule has 0 amide bonds. The second-order valence-electron chi connectivity index (χ2n) is 18.4. The Hall–Kier alpha value is -8.11. The fourth-order valence-electron chi connectivity index (χ4n) is 10.1. The summed E-state index contributed by atoms with van der Waals surface area (Å²) in [6.45, 7) is 6.60. The zero-order valence-corrected chi connectivity index (χ0v) is 40.6. The Morgan fingerprint density at radius 1 is 0.543 bits per heavy atom. The number of hydrogen-bond donors (Lipinski definition) is 0. The summed E-state index contributed by atoms with van der Waals surface area (Å²) >= 11 is 0. The molecule has 0 N–H and O–H groups in total. The van der Waals surface area contributed by atoms with Crippen molar-refractivity contribution >= 4 is 50.9 Å². The van der Waals surface area contributed by atoms with Gasteiger partial charge < -0.3 is 14.2 Å². The summed E-state index contributed by atoms with van der Waals surface area (Å²) in [5.74, 6) is 1.74. The first-order valence-electron chi connectivity index (χ1n) is 25.6. The molecule has 6 heteroatoms. The van der Waals surface area contributed by atoms with Crippen LogP contribution in [0.5, 0.6) is 11.5 Å². The van der Waals surface area contributed by atoms with Gasteiger partial charge in [0.05, 0.1) is 23.9 Å². The van der Waals surface area contributed by atoms with Crippen LogP contribution in [0.3, 0.4) is 0 Å². The van der Waals surface area contributed by atoms with E-state index < -0.39 is 18.1 Å². The summed E-state index contributed by atoms with van der Waals surface area (Å²) in [7, 11) is 0. The number of para-hydroxylation sites is 4. The maximum atomic E-state index is 9.36. The summed E-state index contributed by atoms with van der Waals surface area (Å²) < 4.78 is 55.9. The first-order valence-corrected chi connectivity index (χ1v) is 23.1. The molecular weight excluding hydrogens is 1040 g/mol. The van der Waals surface area contributed by atoms with Crippen LogP contribution >= 0.6 is 0 Å². The normalized spacial score (nSPS) is 13.4. The molecule has 0 radical (unpaired) electrons. The average Bonchev–Trinajstić information content (AvgIpc) is 3.69. The quantitative estimate of drug-likeness (QED) is 0.127. The number of aromatic nitrogens is 2. The van der Waals surface area contributed by atoms with E-state index in [9.17, 15) is 2.74 Å². The molecule has 0 fully saturated rings. The van der Waals surface area contributed by atoms with Crippen molar-refractivity contribution in [1.29, 1.82) is 0 Å². The summed E-state index contributed by atoms with van der Waals surface area (Å²) in [6, 6.07) is 64.6. The van der Waals surface area contributed by atoms with E-state index in [1.807, 2.05) is 94.5 Å². The molecule has 0 bridgehead atoms. The Labute approximate surface area is 429 Å². The van der Waals surface area contributed by atoms with Crippen LogP contribution in [0.1, 0.15) is 33.2 Å². The van der Waals surface area contributed by atoms with Crippen LogP contribution in [0.25, 0.3) is 83.3 Å². The van der Waals surface area contributed by atoms with Gasteiger partial charge in [0.25, 0.3) is 6.34 Å². The Morgan fingerprint density at radius 2 is 1.11 bits per heavy atom. The third kappa shape index (κ3) is 7.11. The zero-order valence-electron chi connectivity index (χ0n) is 43.3. The van der Waals surface area contributed by atoms with Crippen LogP contribution < -0.4 is 14.2 Å². The molecule has 11 aromatic rings.